The Balaban J connectivity index is 2.00. The van der Waals surface area contributed by atoms with Gasteiger partial charge in [0.05, 0.1) is 28.7 Å². The molecule has 0 spiro atoms. The van der Waals surface area contributed by atoms with Crippen LogP contribution in [0.15, 0.2) is 51.3 Å². The highest BCUT2D eigenvalue weighted by Crippen LogP contribution is 2.23. The maximum Gasteiger partial charge on any atom is 0.261 e. The second-order valence-corrected chi connectivity index (χ2v) is 5.99. The first-order valence-corrected chi connectivity index (χ1v) is 7.54. The molecule has 1 aromatic carbocycles. The number of fused-ring (bicyclic) bond motifs is 1. The fourth-order valence-electron chi connectivity index (χ4n) is 1.94. The van der Waals surface area contributed by atoms with E-state index in [1.165, 1.54) is 22.2 Å². The fourth-order valence-corrected chi connectivity index (χ4v) is 3.46. The minimum absolute atomic E-state index is 0.00419. The van der Waals surface area contributed by atoms with E-state index >= 15 is 0 Å². The first kappa shape index (κ1) is 13.2. The lowest BCUT2D eigenvalue weighted by molar-refractivity contribution is 0.0974. The van der Waals surface area contributed by atoms with Crippen molar-refractivity contribution in [1.29, 1.82) is 0 Å². The van der Waals surface area contributed by atoms with Crippen molar-refractivity contribution in [2.45, 2.75) is 6.54 Å². The molecule has 20 heavy (non-hydrogen) atoms. The summed E-state index contributed by atoms with van der Waals surface area (Å²) in [4.78, 5) is 29.3. The number of carbonyl (C=O) groups is 1. The van der Waals surface area contributed by atoms with Crippen molar-refractivity contribution in [3.63, 3.8) is 0 Å². The average molecular weight is 349 g/mol. The molecule has 100 valence electrons. The van der Waals surface area contributed by atoms with E-state index in [9.17, 15) is 9.59 Å². The van der Waals surface area contributed by atoms with Gasteiger partial charge in [0.15, 0.2) is 5.78 Å². The Morgan fingerprint density at radius 1 is 1.30 bits per heavy atom. The van der Waals surface area contributed by atoms with Crippen molar-refractivity contribution >= 4 is 44.0 Å². The van der Waals surface area contributed by atoms with Gasteiger partial charge in [-0.2, -0.15) is 0 Å². The number of thiophene rings is 1. The Labute approximate surface area is 126 Å². The summed E-state index contributed by atoms with van der Waals surface area (Å²) in [7, 11) is 0. The third kappa shape index (κ3) is 2.32. The number of para-hydroxylation sites is 1. The zero-order valence-corrected chi connectivity index (χ0v) is 12.6. The summed E-state index contributed by atoms with van der Waals surface area (Å²) in [5, 5.41) is 2.35. The number of halogens is 1. The molecule has 3 aromatic rings. The molecule has 0 amide bonds. The number of ketones is 1. The van der Waals surface area contributed by atoms with E-state index in [1.54, 1.807) is 18.2 Å². The number of hydrogen-bond donors (Lipinski definition) is 0. The standard InChI is InChI=1S/C14H9BrN2O2S/c15-10-5-6-20-13(10)12(18)7-17-8-16-11-4-2-1-3-9(11)14(17)19/h1-6,8H,7H2. The minimum Gasteiger partial charge on any atom is -0.291 e. The summed E-state index contributed by atoms with van der Waals surface area (Å²) in [6, 6.07) is 8.92. The van der Waals surface area contributed by atoms with Crippen LogP contribution in [0.25, 0.3) is 10.9 Å². The predicted octanol–water partition coefficient (Wildman–Crippen LogP) is 3.10. The molecule has 0 fully saturated rings. The Morgan fingerprint density at radius 2 is 2.10 bits per heavy atom. The lowest BCUT2D eigenvalue weighted by atomic mass is 10.2. The first-order chi connectivity index (χ1) is 9.66. The van der Waals surface area contributed by atoms with Crippen molar-refractivity contribution < 1.29 is 4.79 Å². The first-order valence-electron chi connectivity index (χ1n) is 5.87. The summed E-state index contributed by atoms with van der Waals surface area (Å²) >= 11 is 4.68. The van der Waals surface area contributed by atoms with Gasteiger partial charge >= 0.3 is 0 Å². The van der Waals surface area contributed by atoms with E-state index < -0.39 is 0 Å². The average Bonchev–Trinajstić information content (AvgIpc) is 2.88. The molecule has 3 rings (SSSR count). The summed E-state index contributed by atoms with van der Waals surface area (Å²) < 4.78 is 2.10. The molecular formula is C14H9BrN2O2S. The van der Waals surface area contributed by atoms with Gasteiger partial charge in [0, 0.05) is 4.47 Å². The summed E-state index contributed by atoms with van der Waals surface area (Å²) in [6.07, 6.45) is 1.42. The van der Waals surface area contributed by atoms with Crippen molar-refractivity contribution in [2.75, 3.05) is 0 Å². The molecule has 0 saturated heterocycles. The number of carbonyl (C=O) groups excluding carboxylic acids is 1. The Morgan fingerprint density at radius 3 is 2.85 bits per heavy atom. The summed E-state index contributed by atoms with van der Waals surface area (Å²) in [5.41, 5.74) is 0.440. The lowest BCUT2D eigenvalue weighted by Gasteiger charge is -2.05. The van der Waals surface area contributed by atoms with E-state index in [2.05, 4.69) is 20.9 Å². The quantitative estimate of drug-likeness (QED) is 0.683. The van der Waals surface area contributed by atoms with E-state index in [0.29, 0.717) is 15.8 Å². The van der Waals surface area contributed by atoms with Gasteiger partial charge in [-0.05, 0) is 39.5 Å². The van der Waals surface area contributed by atoms with E-state index in [1.807, 2.05) is 17.5 Å². The normalized spacial score (nSPS) is 10.8. The highest BCUT2D eigenvalue weighted by molar-refractivity contribution is 9.10. The fraction of sp³-hybridized carbons (Fsp3) is 0.0714. The SMILES string of the molecule is O=C(Cn1cnc2ccccc2c1=O)c1sccc1Br. The number of Topliss-reactive ketones (excluding diaryl/α,β-unsaturated/α-hetero) is 1. The molecule has 2 heterocycles. The van der Waals surface area contributed by atoms with Gasteiger partial charge in [-0.3, -0.25) is 14.2 Å². The van der Waals surface area contributed by atoms with Gasteiger partial charge in [-0.1, -0.05) is 12.1 Å². The van der Waals surface area contributed by atoms with Crippen LogP contribution in [0.5, 0.6) is 0 Å². The lowest BCUT2D eigenvalue weighted by Crippen LogP contribution is -2.24. The van der Waals surface area contributed by atoms with Crippen molar-refractivity contribution in [3.8, 4) is 0 Å². The van der Waals surface area contributed by atoms with Gasteiger partial charge < -0.3 is 0 Å². The van der Waals surface area contributed by atoms with Gasteiger partial charge in [0.1, 0.15) is 0 Å². The topological polar surface area (TPSA) is 52.0 Å². The Kier molecular flexibility index (Phi) is 3.50. The molecule has 0 saturated carbocycles. The predicted molar refractivity (Wildman–Crippen MR) is 82.4 cm³/mol. The van der Waals surface area contributed by atoms with Crippen molar-refractivity contribution in [3.05, 3.63) is 61.7 Å². The molecule has 0 aliphatic rings. The molecule has 2 aromatic heterocycles. The molecular weight excluding hydrogens is 340 g/mol. The van der Waals surface area contributed by atoms with E-state index in [-0.39, 0.29) is 17.9 Å². The van der Waals surface area contributed by atoms with Crippen LogP contribution in [0.4, 0.5) is 0 Å². The van der Waals surface area contributed by atoms with E-state index in [0.717, 1.165) is 4.47 Å². The number of benzene rings is 1. The van der Waals surface area contributed by atoms with Crippen LogP contribution in [0, 0.1) is 0 Å². The highest BCUT2D eigenvalue weighted by atomic mass is 79.9. The number of hydrogen-bond acceptors (Lipinski definition) is 4. The second kappa shape index (κ2) is 5.30. The van der Waals surface area contributed by atoms with Crippen LogP contribution in [-0.2, 0) is 6.54 Å². The van der Waals surface area contributed by atoms with Crippen LogP contribution in [0.2, 0.25) is 0 Å². The largest absolute Gasteiger partial charge is 0.291 e. The van der Waals surface area contributed by atoms with Gasteiger partial charge in [0.2, 0.25) is 0 Å². The summed E-state index contributed by atoms with van der Waals surface area (Å²) in [6.45, 7) is -0.00419. The molecule has 6 heteroatoms. The van der Waals surface area contributed by atoms with Gasteiger partial charge in [0.25, 0.3) is 5.56 Å². The number of aromatic nitrogens is 2. The third-order valence-electron chi connectivity index (χ3n) is 2.92. The van der Waals surface area contributed by atoms with Gasteiger partial charge in [-0.15, -0.1) is 11.3 Å². The maximum absolute atomic E-state index is 12.3. The molecule has 0 aliphatic carbocycles. The molecule has 0 atom stereocenters. The zero-order valence-electron chi connectivity index (χ0n) is 10.2. The molecule has 4 nitrogen and oxygen atoms in total. The number of nitrogens with zero attached hydrogens (tertiary/aromatic N) is 2. The Hall–Kier alpha value is -1.79. The van der Waals surface area contributed by atoms with Crippen LogP contribution in [-0.4, -0.2) is 15.3 Å². The van der Waals surface area contributed by atoms with Crippen molar-refractivity contribution in [2.24, 2.45) is 0 Å². The zero-order chi connectivity index (χ0) is 14.1. The molecule has 0 N–H and O–H groups in total. The smallest absolute Gasteiger partial charge is 0.261 e. The minimum atomic E-state index is -0.198. The van der Waals surface area contributed by atoms with Crippen molar-refractivity contribution in [1.82, 2.24) is 9.55 Å². The highest BCUT2D eigenvalue weighted by Gasteiger charge is 2.13. The van der Waals surface area contributed by atoms with Crippen LogP contribution in [0.1, 0.15) is 9.67 Å². The van der Waals surface area contributed by atoms with Crippen LogP contribution in [0.3, 0.4) is 0 Å². The number of rotatable bonds is 3. The third-order valence-corrected chi connectivity index (χ3v) is 4.79. The van der Waals surface area contributed by atoms with Gasteiger partial charge in [-0.25, -0.2) is 4.98 Å². The van der Waals surface area contributed by atoms with Crippen LogP contribution < -0.4 is 5.56 Å². The monoisotopic (exact) mass is 348 g/mol. The molecule has 0 unspecified atom stereocenters. The second-order valence-electron chi connectivity index (χ2n) is 4.22. The Bertz CT molecular complexity index is 854. The van der Waals surface area contributed by atoms with E-state index in [4.69, 9.17) is 0 Å². The van der Waals surface area contributed by atoms with Crippen LogP contribution >= 0.6 is 27.3 Å². The molecule has 0 aliphatic heterocycles. The maximum atomic E-state index is 12.3. The molecule has 0 bridgehead atoms. The molecule has 0 radical (unpaired) electrons. The summed E-state index contributed by atoms with van der Waals surface area (Å²) in [5.74, 6) is -0.106.